The molecule has 0 amide bonds. The van der Waals surface area contributed by atoms with Gasteiger partial charge in [-0.15, -0.1) is 0 Å². The minimum atomic E-state index is -1.81. The van der Waals surface area contributed by atoms with E-state index in [2.05, 4.69) is 91.0 Å². The van der Waals surface area contributed by atoms with Crippen molar-refractivity contribution in [1.82, 2.24) is 0 Å². The van der Waals surface area contributed by atoms with Crippen molar-refractivity contribution in [2.75, 3.05) is 12.8 Å². The lowest BCUT2D eigenvalue weighted by molar-refractivity contribution is -0.00000566. The lowest BCUT2D eigenvalue weighted by Crippen LogP contribution is -3.00. The summed E-state index contributed by atoms with van der Waals surface area (Å²) in [4.78, 5) is 0. The Morgan fingerprint density at radius 2 is 1.32 bits per heavy atom. The van der Waals surface area contributed by atoms with E-state index in [0.717, 1.165) is 6.16 Å². The molecule has 1 aliphatic rings. The Labute approximate surface area is 166 Å². The Bertz CT molecular complexity index is 877. The first kappa shape index (κ1) is 18.3. The molecule has 3 heteroatoms. The zero-order valence-corrected chi connectivity index (χ0v) is 16.9. The number of halogens is 1. The fraction of sp³-hybridized carbons (Fsp3) is 0.0909. The van der Waals surface area contributed by atoms with E-state index in [1.807, 2.05) is 0 Å². The highest BCUT2D eigenvalue weighted by molar-refractivity contribution is 7.98. The van der Waals surface area contributed by atoms with Crippen LogP contribution in [-0.4, -0.2) is 17.9 Å². The van der Waals surface area contributed by atoms with Crippen LogP contribution in [0.25, 0.3) is 11.4 Å². The maximum absolute atomic E-state index is 9.94. The monoisotopic (exact) mass is 458 g/mol. The maximum atomic E-state index is 9.94. The van der Waals surface area contributed by atoms with Gasteiger partial charge in [0.05, 0.1) is 12.8 Å². The third-order valence-corrected chi connectivity index (χ3v) is 9.24. The van der Waals surface area contributed by atoms with E-state index >= 15 is 0 Å². The van der Waals surface area contributed by atoms with Crippen molar-refractivity contribution < 1.29 is 29.1 Å². The average Bonchev–Trinajstić information content (AvgIpc) is 2.99. The molecule has 0 saturated carbocycles. The molecule has 1 atom stereocenters. The number of aliphatic hydroxyl groups is 1. The Balaban J connectivity index is 0.00000182. The van der Waals surface area contributed by atoms with E-state index in [1.165, 1.54) is 27.1 Å². The molecule has 1 N–H and O–H groups in total. The zero-order valence-electron chi connectivity index (χ0n) is 13.8. The largest absolute Gasteiger partial charge is 1.00 e. The molecule has 1 nitrogen and oxygen atoms in total. The van der Waals surface area contributed by atoms with Crippen molar-refractivity contribution in [3.63, 3.8) is 0 Å². The molecule has 3 aromatic rings. The zero-order chi connectivity index (χ0) is 16.4. The second-order valence-corrected chi connectivity index (χ2v) is 9.59. The van der Waals surface area contributed by atoms with Gasteiger partial charge in [-0.3, -0.25) is 0 Å². The van der Waals surface area contributed by atoms with Gasteiger partial charge in [-0.1, -0.05) is 66.7 Å². The van der Waals surface area contributed by atoms with Gasteiger partial charge in [0.25, 0.3) is 0 Å². The van der Waals surface area contributed by atoms with Gasteiger partial charge < -0.3 is 29.1 Å². The lowest BCUT2D eigenvalue weighted by Gasteiger charge is -2.26. The van der Waals surface area contributed by atoms with E-state index in [0.29, 0.717) is 0 Å². The van der Waals surface area contributed by atoms with E-state index in [1.54, 1.807) is 0 Å². The summed E-state index contributed by atoms with van der Waals surface area (Å²) >= 11 is 0. The predicted molar refractivity (Wildman–Crippen MR) is 105 cm³/mol. The van der Waals surface area contributed by atoms with Crippen LogP contribution >= 0.6 is 7.26 Å². The SMILES string of the molecule is OCC[P+]1(c2ccccc2)C(c2ccccc2)=Cc2ccccc21.[I-]. The molecule has 3 aromatic carbocycles. The molecule has 0 aliphatic carbocycles. The van der Waals surface area contributed by atoms with Gasteiger partial charge in [-0.25, -0.2) is 0 Å². The van der Waals surface area contributed by atoms with Gasteiger partial charge in [-0.2, -0.15) is 0 Å². The Morgan fingerprint density at radius 3 is 2.00 bits per heavy atom. The Hall–Kier alpha value is -1.48. The van der Waals surface area contributed by atoms with Crippen LogP contribution in [-0.2, 0) is 0 Å². The third-order valence-electron chi connectivity index (χ3n) is 4.75. The summed E-state index contributed by atoms with van der Waals surface area (Å²) in [6.07, 6.45) is 3.12. The minimum absolute atomic E-state index is 0. The van der Waals surface area contributed by atoms with Crippen molar-refractivity contribution >= 4 is 29.3 Å². The van der Waals surface area contributed by atoms with Crippen molar-refractivity contribution in [2.24, 2.45) is 0 Å². The smallest absolute Gasteiger partial charge is 0.115 e. The van der Waals surface area contributed by atoms with Crippen LogP contribution in [0.4, 0.5) is 0 Å². The number of hydrogen-bond acceptors (Lipinski definition) is 1. The lowest BCUT2D eigenvalue weighted by atomic mass is 10.1. The number of hydrogen-bond donors (Lipinski definition) is 1. The van der Waals surface area contributed by atoms with Crippen LogP contribution in [0.15, 0.2) is 84.9 Å². The highest BCUT2D eigenvalue weighted by Crippen LogP contribution is 2.70. The van der Waals surface area contributed by atoms with Crippen molar-refractivity contribution in [3.05, 3.63) is 96.1 Å². The summed E-state index contributed by atoms with van der Waals surface area (Å²) in [5.74, 6) is 0. The number of benzene rings is 3. The topological polar surface area (TPSA) is 20.2 Å². The van der Waals surface area contributed by atoms with Gasteiger partial charge in [0.2, 0.25) is 0 Å². The number of aliphatic hydroxyl groups excluding tert-OH is 1. The summed E-state index contributed by atoms with van der Waals surface area (Å²) in [5.41, 5.74) is 2.56. The first-order valence-corrected chi connectivity index (χ1v) is 10.3. The summed E-state index contributed by atoms with van der Waals surface area (Å²) in [6.45, 7) is 0.196. The molecule has 0 fully saturated rings. The second-order valence-electron chi connectivity index (χ2n) is 6.05. The van der Waals surface area contributed by atoms with Gasteiger partial charge in [0.1, 0.15) is 23.2 Å². The molecular formula is C22H20IOP. The Morgan fingerprint density at radius 1 is 0.720 bits per heavy atom. The van der Waals surface area contributed by atoms with Gasteiger partial charge in [0.15, 0.2) is 0 Å². The fourth-order valence-electron chi connectivity index (χ4n) is 3.74. The number of rotatable bonds is 4. The van der Waals surface area contributed by atoms with E-state index in [4.69, 9.17) is 0 Å². The highest BCUT2D eigenvalue weighted by Gasteiger charge is 2.51. The molecule has 1 heterocycles. The van der Waals surface area contributed by atoms with E-state index in [-0.39, 0.29) is 30.6 Å². The Kier molecular flexibility index (Phi) is 5.73. The van der Waals surface area contributed by atoms with Gasteiger partial charge in [-0.05, 0) is 24.3 Å². The fourth-order valence-corrected chi connectivity index (χ4v) is 8.14. The van der Waals surface area contributed by atoms with Crippen LogP contribution in [0, 0.1) is 0 Å². The molecule has 4 rings (SSSR count). The molecule has 25 heavy (non-hydrogen) atoms. The summed E-state index contributed by atoms with van der Waals surface area (Å²) in [5, 5.41) is 14.1. The second kappa shape index (κ2) is 7.82. The molecule has 1 unspecified atom stereocenters. The quantitative estimate of drug-likeness (QED) is 0.460. The van der Waals surface area contributed by atoms with Gasteiger partial charge >= 0.3 is 0 Å². The molecule has 0 bridgehead atoms. The molecule has 0 aromatic heterocycles. The first-order chi connectivity index (χ1) is 11.9. The molecule has 126 valence electrons. The normalized spacial score (nSPS) is 18.2. The predicted octanol–water partition coefficient (Wildman–Crippen LogP) is 1.16. The molecule has 1 aliphatic heterocycles. The van der Waals surface area contributed by atoms with Crippen LogP contribution in [0.2, 0.25) is 0 Å². The molecular weight excluding hydrogens is 438 g/mol. The maximum Gasteiger partial charge on any atom is 0.115 e. The summed E-state index contributed by atoms with van der Waals surface area (Å²) in [6, 6.07) is 30.0. The highest BCUT2D eigenvalue weighted by atomic mass is 127. The van der Waals surface area contributed by atoms with Crippen molar-refractivity contribution in [3.8, 4) is 0 Å². The number of fused-ring (bicyclic) bond motifs is 1. The molecule has 0 saturated heterocycles. The van der Waals surface area contributed by atoms with E-state index < -0.39 is 7.26 Å². The van der Waals surface area contributed by atoms with Crippen molar-refractivity contribution in [1.29, 1.82) is 0 Å². The minimum Gasteiger partial charge on any atom is -1.00 e. The van der Waals surface area contributed by atoms with Crippen LogP contribution in [0.5, 0.6) is 0 Å². The molecule has 0 spiro atoms. The van der Waals surface area contributed by atoms with Gasteiger partial charge in [0, 0.05) is 11.1 Å². The third kappa shape index (κ3) is 3.08. The van der Waals surface area contributed by atoms with Crippen LogP contribution in [0.3, 0.4) is 0 Å². The van der Waals surface area contributed by atoms with E-state index in [9.17, 15) is 5.11 Å². The average molecular weight is 458 g/mol. The summed E-state index contributed by atoms with van der Waals surface area (Å²) in [7, 11) is -1.81. The van der Waals surface area contributed by atoms with Crippen molar-refractivity contribution in [2.45, 2.75) is 0 Å². The molecule has 0 radical (unpaired) electrons. The summed E-state index contributed by atoms with van der Waals surface area (Å²) < 4.78 is 0. The standard InChI is InChI=1S/C22H20OP.HI/c23-15-16-24(20-12-5-2-6-13-20)21-14-8-7-11-19(21)17-22(24)18-9-3-1-4-10-18;/h1-14,17,23H,15-16H2;1H/q+1;/p-1. The van der Waals surface area contributed by atoms with Crippen LogP contribution in [0.1, 0.15) is 11.1 Å². The van der Waals surface area contributed by atoms with Crippen LogP contribution < -0.4 is 34.6 Å². The first-order valence-electron chi connectivity index (χ1n) is 8.28.